The zero-order valence-electron chi connectivity index (χ0n) is 7.99. The van der Waals surface area contributed by atoms with Gasteiger partial charge in [0.05, 0.1) is 10.8 Å². The molecule has 5 heteroatoms. The fraction of sp³-hybridized carbons (Fsp3) is 0.400. The minimum Gasteiger partial charge on any atom is -0.333 e. The summed E-state index contributed by atoms with van der Waals surface area (Å²) in [6.07, 6.45) is 3.65. The summed E-state index contributed by atoms with van der Waals surface area (Å²) < 4.78 is 5.14. The smallest absolute Gasteiger partial charge is 0.268 e. The first-order chi connectivity index (χ1) is 7.36. The van der Waals surface area contributed by atoms with Gasteiger partial charge in [-0.3, -0.25) is 0 Å². The van der Waals surface area contributed by atoms with Crippen molar-refractivity contribution in [1.29, 1.82) is 0 Å². The lowest BCUT2D eigenvalue weighted by atomic mass is 10.2. The van der Waals surface area contributed by atoms with Gasteiger partial charge in [-0.2, -0.15) is 4.98 Å². The third-order valence-electron chi connectivity index (χ3n) is 2.54. The molecular formula is C10H9ClN2OS. The van der Waals surface area contributed by atoms with E-state index in [2.05, 4.69) is 16.2 Å². The molecule has 2 heterocycles. The highest BCUT2D eigenvalue weighted by Crippen LogP contribution is 2.35. The largest absolute Gasteiger partial charge is 0.333 e. The molecule has 0 spiro atoms. The van der Waals surface area contributed by atoms with E-state index in [1.807, 2.05) is 0 Å². The number of rotatable bonds is 2. The second kappa shape index (κ2) is 3.61. The molecule has 0 N–H and O–H groups in total. The molecule has 0 atom stereocenters. The van der Waals surface area contributed by atoms with E-state index in [1.165, 1.54) is 29.7 Å². The van der Waals surface area contributed by atoms with Crippen LogP contribution in [-0.2, 0) is 18.7 Å². The van der Waals surface area contributed by atoms with Crippen molar-refractivity contribution in [3.05, 3.63) is 22.3 Å². The van der Waals surface area contributed by atoms with Crippen molar-refractivity contribution >= 4 is 22.9 Å². The van der Waals surface area contributed by atoms with Crippen molar-refractivity contribution in [2.45, 2.75) is 25.1 Å². The maximum absolute atomic E-state index is 5.62. The summed E-state index contributed by atoms with van der Waals surface area (Å²) in [6, 6.07) is 2.17. The molecule has 0 saturated carbocycles. The van der Waals surface area contributed by atoms with Crippen molar-refractivity contribution < 1.29 is 4.52 Å². The second-order valence-electron chi connectivity index (χ2n) is 3.56. The Balaban J connectivity index is 1.98. The van der Waals surface area contributed by atoms with Gasteiger partial charge in [0.2, 0.25) is 0 Å². The van der Waals surface area contributed by atoms with Gasteiger partial charge in [-0.25, -0.2) is 0 Å². The van der Waals surface area contributed by atoms with Crippen LogP contribution in [0.1, 0.15) is 22.7 Å². The fourth-order valence-corrected chi connectivity index (χ4v) is 3.13. The Bertz CT molecular complexity index is 470. The quantitative estimate of drug-likeness (QED) is 0.758. The Kier molecular flexibility index (Phi) is 2.25. The minimum absolute atomic E-state index is 0.300. The van der Waals surface area contributed by atoms with Gasteiger partial charge in [-0.15, -0.1) is 22.9 Å². The van der Waals surface area contributed by atoms with Crippen LogP contribution >= 0.6 is 22.9 Å². The summed E-state index contributed by atoms with van der Waals surface area (Å²) in [5.74, 6) is 1.46. The normalized spacial score (nSPS) is 14.5. The summed E-state index contributed by atoms with van der Waals surface area (Å²) in [6.45, 7) is 0. The molecule has 1 aliphatic carbocycles. The predicted octanol–water partition coefficient (Wildman–Crippen LogP) is 3.03. The highest BCUT2D eigenvalue weighted by Gasteiger charge is 2.18. The van der Waals surface area contributed by atoms with Crippen LogP contribution in [0.2, 0.25) is 0 Å². The van der Waals surface area contributed by atoms with Crippen molar-refractivity contribution in [1.82, 2.24) is 10.1 Å². The lowest BCUT2D eigenvalue weighted by Gasteiger charge is -1.86. The average molecular weight is 241 g/mol. The van der Waals surface area contributed by atoms with Crippen LogP contribution in [0, 0.1) is 0 Å². The van der Waals surface area contributed by atoms with Crippen molar-refractivity contribution in [2.24, 2.45) is 0 Å². The zero-order chi connectivity index (χ0) is 10.3. The van der Waals surface area contributed by atoms with E-state index >= 15 is 0 Å². The first-order valence-corrected chi connectivity index (χ1v) is 6.22. The highest BCUT2D eigenvalue weighted by atomic mass is 35.5. The van der Waals surface area contributed by atoms with Crippen molar-refractivity contribution in [3.8, 4) is 10.8 Å². The maximum Gasteiger partial charge on any atom is 0.268 e. The van der Waals surface area contributed by atoms with Crippen LogP contribution in [0.3, 0.4) is 0 Å². The Labute approximate surface area is 96.1 Å². The summed E-state index contributed by atoms with van der Waals surface area (Å²) in [5, 5.41) is 3.78. The number of alkyl halides is 1. The number of hydrogen-bond acceptors (Lipinski definition) is 4. The number of hydrogen-bond donors (Lipinski definition) is 0. The van der Waals surface area contributed by atoms with Crippen LogP contribution in [0.4, 0.5) is 0 Å². The van der Waals surface area contributed by atoms with E-state index in [0.717, 1.165) is 4.88 Å². The van der Waals surface area contributed by atoms with Crippen LogP contribution in [0.15, 0.2) is 10.6 Å². The predicted molar refractivity (Wildman–Crippen MR) is 59.2 cm³/mol. The first kappa shape index (κ1) is 9.36. The van der Waals surface area contributed by atoms with Gasteiger partial charge in [-0.1, -0.05) is 5.16 Å². The number of thiophene rings is 1. The number of fused-ring (bicyclic) bond motifs is 1. The van der Waals surface area contributed by atoms with Gasteiger partial charge in [0, 0.05) is 4.88 Å². The molecular weight excluding hydrogens is 232 g/mol. The van der Waals surface area contributed by atoms with E-state index in [1.54, 1.807) is 11.3 Å². The molecule has 78 valence electrons. The summed E-state index contributed by atoms with van der Waals surface area (Å²) in [5.41, 5.74) is 1.45. The highest BCUT2D eigenvalue weighted by molar-refractivity contribution is 7.15. The maximum atomic E-state index is 5.62. The van der Waals surface area contributed by atoms with Crippen LogP contribution in [-0.4, -0.2) is 10.1 Å². The zero-order valence-corrected chi connectivity index (χ0v) is 9.57. The van der Waals surface area contributed by atoms with E-state index in [-0.39, 0.29) is 0 Å². The molecule has 0 amide bonds. The molecule has 1 aliphatic rings. The molecule has 0 fully saturated rings. The van der Waals surface area contributed by atoms with Crippen molar-refractivity contribution in [2.75, 3.05) is 0 Å². The monoisotopic (exact) mass is 240 g/mol. The van der Waals surface area contributed by atoms with Crippen LogP contribution < -0.4 is 0 Å². The number of halogens is 1. The van der Waals surface area contributed by atoms with Gasteiger partial charge in [0.1, 0.15) is 0 Å². The van der Waals surface area contributed by atoms with Gasteiger partial charge < -0.3 is 4.52 Å². The molecule has 0 unspecified atom stereocenters. The number of aromatic nitrogens is 2. The van der Waals surface area contributed by atoms with Gasteiger partial charge in [0.25, 0.3) is 5.89 Å². The summed E-state index contributed by atoms with van der Waals surface area (Å²) in [4.78, 5) is 6.75. The summed E-state index contributed by atoms with van der Waals surface area (Å²) in [7, 11) is 0. The van der Waals surface area contributed by atoms with Crippen LogP contribution in [0.25, 0.3) is 10.8 Å². The molecule has 3 rings (SSSR count). The molecule has 0 bridgehead atoms. The molecule has 15 heavy (non-hydrogen) atoms. The average Bonchev–Trinajstić information content (AvgIpc) is 2.91. The molecule has 0 aliphatic heterocycles. The minimum atomic E-state index is 0.300. The Morgan fingerprint density at radius 2 is 2.40 bits per heavy atom. The van der Waals surface area contributed by atoms with Crippen LogP contribution in [0.5, 0.6) is 0 Å². The molecule has 2 aromatic heterocycles. The Morgan fingerprint density at radius 1 is 1.47 bits per heavy atom. The molecule has 0 saturated heterocycles. The topological polar surface area (TPSA) is 38.9 Å². The van der Waals surface area contributed by atoms with E-state index < -0.39 is 0 Å². The molecule has 0 aromatic carbocycles. The molecule has 3 nitrogen and oxygen atoms in total. The van der Waals surface area contributed by atoms with E-state index in [4.69, 9.17) is 16.1 Å². The summed E-state index contributed by atoms with van der Waals surface area (Å²) >= 11 is 7.38. The lowest BCUT2D eigenvalue weighted by molar-refractivity contribution is 0.426. The molecule has 2 aromatic rings. The first-order valence-electron chi connectivity index (χ1n) is 4.87. The Hall–Kier alpha value is -0.870. The van der Waals surface area contributed by atoms with E-state index in [0.29, 0.717) is 17.6 Å². The SMILES string of the molecule is ClCc1noc(-c2cc3c(s2)CCC3)n1. The number of nitrogens with zero attached hydrogens (tertiary/aromatic N) is 2. The standard InChI is InChI=1S/C10H9ClN2OS/c11-5-9-12-10(14-13-9)8-4-6-2-1-3-7(6)15-8/h4H,1-3,5H2. The van der Waals surface area contributed by atoms with E-state index in [9.17, 15) is 0 Å². The second-order valence-corrected chi connectivity index (χ2v) is 4.97. The third kappa shape index (κ3) is 1.58. The fourth-order valence-electron chi connectivity index (χ4n) is 1.84. The van der Waals surface area contributed by atoms with Gasteiger partial charge >= 0.3 is 0 Å². The van der Waals surface area contributed by atoms with Gasteiger partial charge in [0.15, 0.2) is 5.82 Å². The molecule has 0 radical (unpaired) electrons. The van der Waals surface area contributed by atoms with Crippen molar-refractivity contribution in [3.63, 3.8) is 0 Å². The Morgan fingerprint density at radius 3 is 3.13 bits per heavy atom. The number of aryl methyl sites for hydroxylation is 2. The lowest BCUT2D eigenvalue weighted by Crippen LogP contribution is -1.79. The third-order valence-corrected chi connectivity index (χ3v) is 4.01. The van der Waals surface area contributed by atoms with Gasteiger partial charge in [-0.05, 0) is 30.9 Å².